The molecule has 1 aromatic rings. The maximum Gasteiger partial charge on any atom is 0.306 e. The van der Waals surface area contributed by atoms with Crippen LogP contribution in [0.4, 0.5) is 0 Å². The summed E-state index contributed by atoms with van der Waals surface area (Å²) in [4.78, 5) is 26.9. The number of methoxy groups -OCH3 is 1. The molecule has 0 spiro atoms. The molecule has 104 valence electrons. The van der Waals surface area contributed by atoms with Crippen molar-refractivity contribution in [2.75, 3.05) is 7.11 Å². The van der Waals surface area contributed by atoms with Gasteiger partial charge in [-0.05, 0) is 19.3 Å². The van der Waals surface area contributed by atoms with E-state index in [0.717, 1.165) is 5.01 Å². The number of nitrogens with one attached hydrogen (secondary N) is 1. The van der Waals surface area contributed by atoms with Crippen LogP contribution in [0.1, 0.15) is 34.8 Å². The van der Waals surface area contributed by atoms with Crippen molar-refractivity contribution in [2.45, 2.75) is 31.9 Å². The molecule has 0 radical (unpaired) electrons. The van der Waals surface area contributed by atoms with Gasteiger partial charge in [-0.3, -0.25) is 9.59 Å². The number of hydrogen-bond acceptors (Lipinski definition) is 5. The minimum atomic E-state index is -0.784. The van der Waals surface area contributed by atoms with E-state index in [-0.39, 0.29) is 17.9 Å². The number of carbonyl (C=O) groups is 2. The predicted molar refractivity (Wildman–Crippen MR) is 69.1 cm³/mol. The second-order valence-corrected chi connectivity index (χ2v) is 5.52. The Morgan fingerprint density at radius 3 is 3.00 bits per heavy atom. The molecule has 7 heteroatoms. The van der Waals surface area contributed by atoms with Crippen molar-refractivity contribution in [1.82, 2.24) is 10.3 Å². The Kier molecular flexibility index (Phi) is 4.49. The molecule has 2 rings (SSSR count). The number of aliphatic carboxylic acids is 1. The van der Waals surface area contributed by atoms with E-state index in [9.17, 15) is 9.59 Å². The van der Waals surface area contributed by atoms with Crippen molar-refractivity contribution in [1.29, 1.82) is 0 Å². The topological polar surface area (TPSA) is 88.5 Å². The van der Waals surface area contributed by atoms with E-state index in [1.807, 2.05) is 0 Å². The van der Waals surface area contributed by atoms with Gasteiger partial charge in [0.2, 0.25) is 0 Å². The van der Waals surface area contributed by atoms with E-state index in [4.69, 9.17) is 9.84 Å². The van der Waals surface area contributed by atoms with Gasteiger partial charge < -0.3 is 15.2 Å². The zero-order valence-corrected chi connectivity index (χ0v) is 11.4. The Morgan fingerprint density at radius 1 is 1.58 bits per heavy atom. The number of amides is 1. The molecule has 1 amide bonds. The molecule has 0 aliphatic heterocycles. The first-order chi connectivity index (χ1) is 9.10. The molecule has 0 saturated heterocycles. The lowest BCUT2D eigenvalue weighted by Crippen LogP contribution is -2.33. The summed E-state index contributed by atoms with van der Waals surface area (Å²) >= 11 is 1.37. The number of hydrogen-bond donors (Lipinski definition) is 2. The van der Waals surface area contributed by atoms with Gasteiger partial charge in [-0.25, -0.2) is 4.98 Å². The van der Waals surface area contributed by atoms with Crippen molar-refractivity contribution in [3.8, 4) is 0 Å². The van der Waals surface area contributed by atoms with E-state index < -0.39 is 5.97 Å². The first kappa shape index (κ1) is 14.0. The van der Waals surface area contributed by atoms with Gasteiger partial charge in [-0.15, -0.1) is 11.3 Å². The fraction of sp³-hybridized carbons (Fsp3) is 0.583. The van der Waals surface area contributed by atoms with Gasteiger partial charge in [0.15, 0.2) is 0 Å². The smallest absolute Gasteiger partial charge is 0.306 e. The average molecular weight is 284 g/mol. The van der Waals surface area contributed by atoms with Gasteiger partial charge in [0, 0.05) is 18.5 Å². The number of rotatable bonds is 5. The van der Waals surface area contributed by atoms with Crippen LogP contribution in [0.25, 0.3) is 0 Å². The molecule has 1 saturated carbocycles. The maximum atomic E-state index is 11.9. The average Bonchev–Trinajstić information content (AvgIpc) is 2.98. The van der Waals surface area contributed by atoms with Gasteiger partial charge in [0.1, 0.15) is 10.7 Å². The highest BCUT2D eigenvalue weighted by atomic mass is 32.1. The molecule has 1 aromatic heterocycles. The normalized spacial score (nSPS) is 22.4. The Labute approximate surface area is 114 Å². The van der Waals surface area contributed by atoms with Crippen LogP contribution in [0.5, 0.6) is 0 Å². The lowest BCUT2D eigenvalue weighted by Gasteiger charge is -2.10. The number of carbonyl (C=O) groups excluding carboxylic acids is 1. The molecule has 0 bridgehead atoms. The highest BCUT2D eigenvalue weighted by Crippen LogP contribution is 2.26. The van der Waals surface area contributed by atoms with E-state index in [1.54, 1.807) is 12.5 Å². The fourth-order valence-corrected chi connectivity index (χ4v) is 2.95. The van der Waals surface area contributed by atoms with Crippen LogP contribution in [-0.4, -0.2) is 35.1 Å². The monoisotopic (exact) mass is 284 g/mol. The van der Waals surface area contributed by atoms with Crippen LogP contribution in [0, 0.1) is 5.92 Å². The third kappa shape index (κ3) is 3.51. The Bertz CT molecular complexity index is 474. The van der Waals surface area contributed by atoms with Crippen LogP contribution in [0.3, 0.4) is 0 Å². The van der Waals surface area contributed by atoms with E-state index >= 15 is 0 Å². The largest absolute Gasteiger partial charge is 0.481 e. The van der Waals surface area contributed by atoms with Gasteiger partial charge in [-0.1, -0.05) is 0 Å². The number of nitrogens with zero attached hydrogens (tertiary/aromatic N) is 1. The highest BCUT2D eigenvalue weighted by Gasteiger charge is 2.30. The lowest BCUT2D eigenvalue weighted by molar-refractivity contribution is -0.141. The summed E-state index contributed by atoms with van der Waals surface area (Å²) in [6.07, 6.45) is 1.82. The molecule has 1 aliphatic rings. The number of aromatic nitrogens is 1. The number of carboxylic acid groups (broad SMARTS) is 1. The molecule has 1 fully saturated rings. The van der Waals surface area contributed by atoms with Gasteiger partial charge in [0.25, 0.3) is 5.91 Å². The van der Waals surface area contributed by atoms with Crippen LogP contribution >= 0.6 is 11.3 Å². The number of carboxylic acids is 1. The van der Waals surface area contributed by atoms with Crippen molar-refractivity contribution in [3.05, 3.63) is 16.1 Å². The number of ether oxygens (including phenoxy) is 1. The summed E-state index contributed by atoms with van der Waals surface area (Å²) in [5, 5.41) is 14.2. The molecule has 1 aliphatic carbocycles. The first-order valence-corrected chi connectivity index (χ1v) is 6.95. The standard InChI is InChI=1S/C12H16N2O4S/c1-18-5-10-14-9(6-19-10)11(15)13-8-3-2-7(4-8)12(16)17/h6-8H,2-5H2,1H3,(H,13,15)(H,16,17)/t7-,8+/m1/s1. The van der Waals surface area contributed by atoms with Crippen LogP contribution in [0.2, 0.25) is 0 Å². The van der Waals surface area contributed by atoms with Gasteiger partial charge in [0.05, 0.1) is 12.5 Å². The summed E-state index contributed by atoms with van der Waals surface area (Å²) in [5.74, 6) is -1.37. The quantitative estimate of drug-likeness (QED) is 0.850. The molecule has 2 N–H and O–H groups in total. The van der Waals surface area contributed by atoms with Crippen LogP contribution in [-0.2, 0) is 16.1 Å². The second-order valence-electron chi connectivity index (χ2n) is 4.58. The van der Waals surface area contributed by atoms with Crippen molar-refractivity contribution >= 4 is 23.2 Å². The van der Waals surface area contributed by atoms with Gasteiger partial charge in [-0.2, -0.15) is 0 Å². The fourth-order valence-electron chi connectivity index (χ4n) is 2.20. The van der Waals surface area contributed by atoms with E-state index in [1.165, 1.54) is 11.3 Å². The molecular weight excluding hydrogens is 268 g/mol. The highest BCUT2D eigenvalue weighted by molar-refractivity contribution is 7.09. The first-order valence-electron chi connectivity index (χ1n) is 6.07. The third-order valence-corrected chi connectivity index (χ3v) is 3.99. The number of thiazole rings is 1. The SMILES string of the molecule is COCc1nc(C(=O)N[C@H]2CC[C@@H](C(=O)O)C2)cs1. The zero-order valence-electron chi connectivity index (χ0n) is 10.6. The van der Waals surface area contributed by atoms with Crippen LogP contribution < -0.4 is 5.32 Å². The van der Waals surface area contributed by atoms with Crippen molar-refractivity contribution in [2.24, 2.45) is 5.92 Å². The summed E-state index contributed by atoms with van der Waals surface area (Å²) in [5.41, 5.74) is 0.371. The maximum absolute atomic E-state index is 11.9. The molecule has 0 aromatic carbocycles. The molecule has 6 nitrogen and oxygen atoms in total. The predicted octanol–water partition coefficient (Wildman–Crippen LogP) is 1.27. The van der Waals surface area contributed by atoms with Crippen molar-refractivity contribution < 1.29 is 19.4 Å². The Balaban J connectivity index is 1.88. The Hall–Kier alpha value is -1.47. The second kappa shape index (κ2) is 6.12. The molecule has 1 heterocycles. The van der Waals surface area contributed by atoms with Gasteiger partial charge >= 0.3 is 5.97 Å². The van der Waals surface area contributed by atoms with Crippen LogP contribution in [0.15, 0.2) is 5.38 Å². The minimum Gasteiger partial charge on any atom is -0.481 e. The minimum absolute atomic E-state index is 0.0684. The van der Waals surface area contributed by atoms with Crippen molar-refractivity contribution in [3.63, 3.8) is 0 Å². The summed E-state index contributed by atoms with van der Waals surface area (Å²) in [6.45, 7) is 0.391. The molecule has 0 unspecified atom stereocenters. The molecule has 2 atom stereocenters. The lowest BCUT2D eigenvalue weighted by atomic mass is 10.1. The molecule has 19 heavy (non-hydrogen) atoms. The summed E-state index contributed by atoms with van der Waals surface area (Å²) in [6, 6.07) is -0.0684. The Morgan fingerprint density at radius 2 is 2.37 bits per heavy atom. The zero-order chi connectivity index (χ0) is 13.8. The van der Waals surface area contributed by atoms with E-state index in [0.29, 0.717) is 31.6 Å². The third-order valence-electron chi connectivity index (χ3n) is 3.17. The summed E-state index contributed by atoms with van der Waals surface area (Å²) < 4.78 is 4.95. The van der Waals surface area contributed by atoms with E-state index in [2.05, 4.69) is 10.3 Å². The summed E-state index contributed by atoms with van der Waals surface area (Å²) in [7, 11) is 1.58. The molecular formula is C12H16N2O4S.